The van der Waals surface area contributed by atoms with Crippen LogP contribution in [0.5, 0.6) is 0 Å². The maximum absolute atomic E-state index is 11.8. The highest BCUT2D eigenvalue weighted by molar-refractivity contribution is 5.84. The summed E-state index contributed by atoms with van der Waals surface area (Å²) in [6.07, 6.45) is 1.35. The summed E-state index contributed by atoms with van der Waals surface area (Å²) in [5.74, 6) is -1.11. The zero-order chi connectivity index (χ0) is 15.4. The monoisotopic (exact) mass is 297 g/mol. The Bertz CT molecular complexity index is 512. The van der Waals surface area contributed by atoms with Gasteiger partial charge >= 0.3 is 12.0 Å². The Balaban J connectivity index is 1.75. The lowest BCUT2D eigenvalue weighted by Crippen LogP contribution is -2.55. The van der Waals surface area contributed by atoms with E-state index >= 15 is 0 Å². The standard InChI is InChI=1S/C12H19N5O4/c1-3-21-8(2)4-13-12(20)16-5-9(6-16)17-7-10(11(18)19)14-15-17/h7-9H,3-6H2,1-2H3,(H,13,20)(H,18,19). The van der Waals surface area contributed by atoms with Crippen LogP contribution in [0.4, 0.5) is 4.79 Å². The summed E-state index contributed by atoms with van der Waals surface area (Å²) in [7, 11) is 0. The van der Waals surface area contributed by atoms with E-state index in [1.54, 1.807) is 4.90 Å². The van der Waals surface area contributed by atoms with Crippen molar-refractivity contribution in [2.75, 3.05) is 26.2 Å². The Morgan fingerprint density at radius 3 is 2.86 bits per heavy atom. The van der Waals surface area contributed by atoms with Crippen molar-refractivity contribution in [1.29, 1.82) is 0 Å². The van der Waals surface area contributed by atoms with Crippen LogP contribution in [0.1, 0.15) is 30.4 Å². The van der Waals surface area contributed by atoms with E-state index in [2.05, 4.69) is 15.6 Å². The molecule has 1 fully saturated rings. The first-order valence-corrected chi connectivity index (χ1v) is 6.80. The Morgan fingerprint density at radius 2 is 2.29 bits per heavy atom. The molecule has 1 aliphatic rings. The fourth-order valence-corrected chi connectivity index (χ4v) is 2.03. The van der Waals surface area contributed by atoms with Gasteiger partial charge in [0.25, 0.3) is 0 Å². The van der Waals surface area contributed by atoms with Gasteiger partial charge in [-0.25, -0.2) is 14.3 Å². The summed E-state index contributed by atoms with van der Waals surface area (Å²) in [5, 5.41) is 18.9. The van der Waals surface area contributed by atoms with E-state index in [-0.39, 0.29) is 23.9 Å². The number of carbonyl (C=O) groups is 2. The fourth-order valence-electron chi connectivity index (χ4n) is 2.03. The van der Waals surface area contributed by atoms with Gasteiger partial charge in [-0.2, -0.15) is 0 Å². The molecule has 116 valence electrons. The number of amides is 2. The van der Waals surface area contributed by atoms with Gasteiger partial charge in [-0.3, -0.25) is 0 Å². The van der Waals surface area contributed by atoms with Crippen LogP contribution in [0.2, 0.25) is 0 Å². The molecular formula is C12H19N5O4. The van der Waals surface area contributed by atoms with Crippen LogP contribution in [-0.2, 0) is 4.74 Å². The van der Waals surface area contributed by atoms with Gasteiger partial charge in [0.15, 0.2) is 5.69 Å². The summed E-state index contributed by atoms with van der Waals surface area (Å²) < 4.78 is 6.81. The largest absolute Gasteiger partial charge is 0.476 e. The summed E-state index contributed by atoms with van der Waals surface area (Å²) in [6.45, 7) is 5.84. The quantitative estimate of drug-likeness (QED) is 0.763. The van der Waals surface area contributed by atoms with Crippen LogP contribution in [0.15, 0.2) is 6.20 Å². The van der Waals surface area contributed by atoms with Gasteiger partial charge in [0, 0.05) is 26.2 Å². The second-order valence-corrected chi connectivity index (χ2v) is 4.90. The van der Waals surface area contributed by atoms with Crippen LogP contribution >= 0.6 is 0 Å². The number of nitrogens with one attached hydrogen (secondary N) is 1. The molecule has 0 bridgehead atoms. The van der Waals surface area contributed by atoms with E-state index in [1.165, 1.54) is 10.9 Å². The molecular weight excluding hydrogens is 278 g/mol. The number of aromatic nitrogens is 3. The Labute approximate surface area is 121 Å². The number of nitrogens with zero attached hydrogens (tertiary/aromatic N) is 4. The molecule has 9 heteroatoms. The minimum Gasteiger partial charge on any atom is -0.476 e. The maximum atomic E-state index is 11.8. The van der Waals surface area contributed by atoms with Crippen molar-refractivity contribution in [2.45, 2.75) is 26.0 Å². The first-order chi connectivity index (χ1) is 10.0. The third-order valence-electron chi connectivity index (χ3n) is 3.24. The van der Waals surface area contributed by atoms with Gasteiger partial charge in [0.05, 0.1) is 18.3 Å². The second-order valence-electron chi connectivity index (χ2n) is 4.90. The maximum Gasteiger partial charge on any atom is 0.358 e. The number of likely N-dealkylation sites (tertiary alicyclic amines) is 1. The summed E-state index contributed by atoms with van der Waals surface area (Å²) in [6, 6.07) is -0.183. The molecule has 2 rings (SSSR count). The molecule has 1 aromatic heterocycles. The smallest absolute Gasteiger partial charge is 0.358 e. The second kappa shape index (κ2) is 6.53. The Hall–Kier alpha value is -2.16. The van der Waals surface area contributed by atoms with E-state index in [0.29, 0.717) is 26.2 Å². The number of carboxylic acid groups (broad SMARTS) is 1. The van der Waals surface area contributed by atoms with E-state index < -0.39 is 5.97 Å². The number of ether oxygens (including phenoxy) is 1. The number of hydrogen-bond acceptors (Lipinski definition) is 5. The molecule has 2 N–H and O–H groups in total. The Kier molecular flexibility index (Phi) is 4.73. The topological polar surface area (TPSA) is 110 Å². The third-order valence-corrected chi connectivity index (χ3v) is 3.24. The average Bonchev–Trinajstić information content (AvgIpc) is 2.84. The summed E-state index contributed by atoms with van der Waals surface area (Å²) >= 11 is 0. The van der Waals surface area contributed by atoms with E-state index in [4.69, 9.17) is 9.84 Å². The number of rotatable bonds is 6. The number of hydrogen-bond donors (Lipinski definition) is 2. The lowest BCUT2D eigenvalue weighted by atomic mass is 10.1. The predicted octanol–water partition coefficient (Wildman–Crippen LogP) is -0.0324. The molecule has 0 aromatic carbocycles. The van der Waals surface area contributed by atoms with Gasteiger partial charge in [-0.05, 0) is 13.8 Å². The zero-order valence-electron chi connectivity index (χ0n) is 12.0. The molecule has 1 saturated heterocycles. The van der Waals surface area contributed by atoms with E-state index in [0.717, 1.165) is 0 Å². The van der Waals surface area contributed by atoms with Gasteiger partial charge in [-0.15, -0.1) is 5.10 Å². The minimum absolute atomic E-state index is 0.0236. The van der Waals surface area contributed by atoms with E-state index in [9.17, 15) is 9.59 Å². The van der Waals surface area contributed by atoms with Crippen molar-refractivity contribution in [3.8, 4) is 0 Å². The van der Waals surface area contributed by atoms with Crippen molar-refractivity contribution >= 4 is 12.0 Å². The van der Waals surface area contributed by atoms with E-state index in [1.807, 2.05) is 13.8 Å². The van der Waals surface area contributed by atoms with Gasteiger partial charge in [0.1, 0.15) is 0 Å². The highest BCUT2D eigenvalue weighted by Gasteiger charge is 2.33. The van der Waals surface area contributed by atoms with Crippen LogP contribution in [0.25, 0.3) is 0 Å². The zero-order valence-corrected chi connectivity index (χ0v) is 12.0. The highest BCUT2D eigenvalue weighted by Crippen LogP contribution is 2.20. The lowest BCUT2D eigenvalue weighted by Gasteiger charge is -2.38. The third kappa shape index (κ3) is 3.69. The highest BCUT2D eigenvalue weighted by atomic mass is 16.5. The predicted molar refractivity (Wildman–Crippen MR) is 72.1 cm³/mol. The normalized spacial score (nSPS) is 16.4. The minimum atomic E-state index is -1.11. The molecule has 0 radical (unpaired) electrons. The number of carboxylic acids is 1. The fraction of sp³-hybridized carbons (Fsp3) is 0.667. The van der Waals surface area contributed by atoms with Crippen molar-refractivity contribution in [2.24, 2.45) is 0 Å². The number of carbonyl (C=O) groups excluding carboxylic acids is 1. The molecule has 1 aromatic rings. The van der Waals surface area contributed by atoms with Crippen LogP contribution in [0.3, 0.4) is 0 Å². The molecule has 0 aliphatic carbocycles. The average molecular weight is 297 g/mol. The molecule has 1 aliphatic heterocycles. The first-order valence-electron chi connectivity index (χ1n) is 6.80. The number of urea groups is 1. The SMILES string of the molecule is CCOC(C)CNC(=O)N1CC(n2cc(C(=O)O)nn2)C1. The Morgan fingerprint density at radius 1 is 1.57 bits per heavy atom. The molecule has 21 heavy (non-hydrogen) atoms. The van der Waals surface area contributed by atoms with Gasteiger partial charge in [-0.1, -0.05) is 5.21 Å². The molecule has 0 spiro atoms. The lowest BCUT2D eigenvalue weighted by molar-refractivity contribution is 0.0690. The summed E-state index contributed by atoms with van der Waals surface area (Å²) in [5.41, 5.74) is -0.0940. The molecule has 2 heterocycles. The van der Waals surface area contributed by atoms with Crippen LogP contribution in [-0.4, -0.2) is 69.3 Å². The van der Waals surface area contributed by atoms with Gasteiger partial charge in [0.2, 0.25) is 0 Å². The number of aromatic carboxylic acids is 1. The summed E-state index contributed by atoms with van der Waals surface area (Å²) in [4.78, 5) is 24.2. The molecule has 0 saturated carbocycles. The molecule has 9 nitrogen and oxygen atoms in total. The van der Waals surface area contributed by atoms with Crippen molar-refractivity contribution in [1.82, 2.24) is 25.2 Å². The molecule has 1 unspecified atom stereocenters. The van der Waals surface area contributed by atoms with Crippen LogP contribution in [0, 0.1) is 0 Å². The molecule has 2 amide bonds. The van der Waals surface area contributed by atoms with Crippen molar-refractivity contribution in [3.63, 3.8) is 0 Å². The van der Waals surface area contributed by atoms with Crippen molar-refractivity contribution < 1.29 is 19.4 Å². The van der Waals surface area contributed by atoms with Crippen LogP contribution < -0.4 is 5.32 Å². The van der Waals surface area contributed by atoms with Crippen molar-refractivity contribution in [3.05, 3.63) is 11.9 Å². The molecule has 1 atom stereocenters. The first kappa shape index (κ1) is 15.2. The van der Waals surface area contributed by atoms with Gasteiger partial charge < -0.3 is 20.1 Å².